The van der Waals surface area contributed by atoms with Crippen LogP contribution >= 0.6 is 0 Å². The Bertz CT molecular complexity index is 1300. The first-order valence-electron chi connectivity index (χ1n) is 10.3. The van der Waals surface area contributed by atoms with Crippen LogP contribution in [0.3, 0.4) is 0 Å². The van der Waals surface area contributed by atoms with E-state index in [1.807, 2.05) is 18.2 Å². The zero-order valence-corrected chi connectivity index (χ0v) is 19.5. The molecule has 170 valence electrons. The van der Waals surface area contributed by atoms with E-state index in [-0.39, 0.29) is 29.3 Å². The van der Waals surface area contributed by atoms with Crippen molar-refractivity contribution in [3.63, 3.8) is 0 Å². The van der Waals surface area contributed by atoms with Crippen molar-refractivity contribution in [3.05, 3.63) is 89.0 Å². The van der Waals surface area contributed by atoms with Gasteiger partial charge in [-0.1, -0.05) is 42.3 Å². The lowest BCUT2D eigenvalue weighted by Crippen LogP contribution is -2.32. The molecular formula is C26H25NO5S. The number of sulfonamides is 1. The first-order chi connectivity index (χ1) is 15.7. The Morgan fingerprint density at radius 1 is 1.03 bits per heavy atom. The standard InChI is InChI=1S/C26H25NO5S/c1-4-5-15-32-22-11-13-23(14-12-22)33(30,31)27(18-21-9-7-6-8-10-21)25-20(3)16-19(2)17-24(25)26(28)29/h6-14,16-17H,15,18H2,1-3H3,(H,28,29). The lowest BCUT2D eigenvalue weighted by Gasteiger charge is -2.28. The molecule has 0 aliphatic carbocycles. The topological polar surface area (TPSA) is 83.9 Å². The molecule has 0 aliphatic heterocycles. The fraction of sp³-hybridized carbons (Fsp3) is 0.192. The monoisotopic (exact) mass is 463 g/mol. The predicted molar refractivity (Wildman–Crippen MR) is 128 cm³/mol. The van der Waals surface area contributed by atoms with Gasteiger partial charge in [-0.05, 0) is 67.8 Å². The quantitative estimate of drug-likeness (QED) is 0.485. The molecule has 0 saturated carbocycles. The van der Waals surface area contributed by atoms with Crippen molar-refractivity contribution in [1.29, 1.82) is 0 Å². The number of anilines is 1. The van der Waals surface area contributed by atoms with Gasteiger partial charge in [-0.25, -0.2) is 13.2 Å². The van der Waals surface area contributed by atoms with Crippen LogP contribution in [0.15, 0.2) is 71.6 Å². The highest BCUT2D eigenvalue weighted by atomic mass is 32.2. The van der Waals surface area contributed by atoms with E-state index in [4.69, 9.17) is 4.74 Å². The van der Waals surface area contributed by atoms with E-state index in [0.29, 0.717) is 11.3 Å². The Kier molecular flexibility index (Phi) is 7.41. The number of aromatic carboxylic acids is 1. The number of carboxylic acid groups (broad SMARTS) is 1. The molecule has 0 aliphatic rings. The van der Waals surface area contributed by atoms with Gasteiger partial charge in [-0.15, -0.1) is 5.92 Å². The third-order valence-corrected chi connectivity index (χ3v) is 6.75. The maximum Gasteiger partial charge on any atom is 0.337 e. The number of benzene rings is 3. The van der Waals surface area contributed by atoms with Gasteiger partial charge in [0.1, 0.15) is 12.4 Å². The maximum atomic E-state index is 13.8. The third-order valence-electron chi connectivity index (χ3n) is 4.99. The van der Waals surface area contributed by atoms with Crippen molar-refractivity contribution in [3.8, 4) is 17.6 Å². The zero-order chi connectivity index (χ0) is 24.0. The van der Waals surface area contributed by atoms with Gasteiger partial charge >= 0.3 is 5.97 Å². The van der Waals surface area contributed by atoms with Gasteiger partial charge in [0, 0.05) is 0 Å². The van der Waals surface area contributed by atoms with Crippen molar-refractivity contribution >= 4 is 21.7 Å². The SMILES string of the molecule is CC#CCOc1ccc(S(=O)(=O)N(Cc2ccccc2)c2c(C)cc(C)cc2C(=O)O)cc1. The van der Waals surface area contributed by atoms with E-state index in [9.17, 15) is 18.3 Å². The van der Waals surface area contributed by atoms with Gasteiger partial charge in [0.25, 0.3) is 10.0 Å². The Morgan fingerprint density at radius 3 is 2.30 bits per heavy atom. The molecule has 0 radical (unpaired) electrons. The van der Waals surface area contributed by atoms with E-state index >= 15 is 0 Å². The highest BCUT2D eigenvalue weighted by Gasteiger charge is 2.30. The summed E-state index contributed by atoms with van der Waals surface area (Å²) in [4.78, 5) is 12.1. The Balaban J connectivity index is 2.12. The third kappa shape index (κ3) is 5.54. The minimum atomic E-state index is -4.10. The van der Waals surface area contributed by atoms with E-state index < -0.39 is 16.0 Å². The van der Waals surface area contributed by atoms with Crippen molar-refractivity contribution in [2.45, 2.75) is 32.2 Å². The van der Waals surface area contributed by atoms with Crippen molar-refractivity contribution in [1.82, 2.24) is 0 Å². The highest BCUT2D eigenvalue weighted by Crippen LogP contribution is 2.33. The molecule has 0 spiro atoms. The smallest absolute Gasteiger partial charge is 0.337 e. The number of ether oxygens (including phenoxy) is 1. The first kappa shape index (κ1) is 23.9. The Labute approximate surface area is 194 Å². The number of aryl methyl sites for hydroxylation is 2. The summed E-state index contributed by atoms with van der Waals surface area (Å²) >= 11 is 0. The second kappa shape index (κ2) is 10.2. The summed E-state index contributed by atoms with van der Waals surface area (Å²) in [5.74, 6) is 4.81. The molecular weight excluding hydrogens is 438 g/mol. The molecule has 0 atom stereocenters. The Hall–Kier alpha value is -3.76. The largest absolute Gasteiger partial charge is 0.481 e. The van der Waals surface area contributed by atoms with Gasteiger partial charge in [0.2, 0.25) is 0 Å². The van der Waals surface area contributed by atoms with Crippen LogP contribution in [-0.2, 0) is 16.6 Å². The number of carboxylic acids is 1. The van der Waals surface area contributed by atoms with Crippen LogP contribution in [0.1, 0.15) is 34.0 Å². The fourth-order valence-electron chi connectivity index (χ4n) is 3.51. The Morgan fingerprint density at radius 2 is 1.70 bits per heavy atom. The number of nitrogens with zero attached hydrogens (tertiary/aromatic N) is 1. The molecule has 0 aromatic heterocycles. The molecule has 0 amide bonds. The van der Waals surface area contributed by atoms with E-state index in [1.165, 1.54) is 22.5 Å². The molecule has 6 nitrogen and oxygen atoms in total. The summed E-state index contributed by atoms with van der Waals surface area (Å²) in [7, 11) is -4.10. The summed E-state index contributed by atoms with van der Waals surface area (Å²) in [6.45, 7) is 5.39. The fourth-order valence-corrected chi connectivity index (χ4v) is 5.05. The van der Waals surface area contributed by atoms with E-state index in [2.05, 4.69) is 11.8 Å². The normalized spacial score (nSPS) is 10.8. The second-order valence-electron chi connectivity index (χ2n) is 7.47. The lowest BCUT2D eigenvalue weighted by molar-refractivity contribution is 0.0697. The van der Waals surface area contributed by atoms with Gasteiger partial charge in [0.05, 0.1) is 22.7 Å². The molecule has 1 N–H and O–H groups in total. The van der Waals surface area contributed by atoms with Crippen LogP contribution in [0.4, 0.5) is 5.69 Å². The predicted octanol–water partition coefficient (Wildman–Crippen LogP) is 4.80. The molecule has 3 aromatic rings. The van der Waals surface area contributed by atoms with E-state index in [0.717, 1.165) is 11.1 Å². The second-order valence-corrected chi connectivity index (χ2v) is 9.33. The van der Waals surface area contributed by atoms with Crippen molar-refractivity contribution in [2.24, 2.45) is 0 Å². The van der Waals surface area contributed by atoms with E-state index in [1.54, 1.807) is 51.1 Å². The van der Waals surface area contributed by atoms with Crippen LogP contribution in [-0.4, -0.2) is 26.1 Å². The number of rotatable bonds is 8. The lowest BCUT2D eigenvalue weighted by atomic mass is 10.0. The van der Waals surface area contributed by atoms with Crippen molar-refractivity contribution < 1.29 is 23.1 Å². The van der Waals surface area contributed by atoms with Crippen LogP contribution in [0, 0.1) is 25.7 Å². The van der Waals surface area contributed by atoms with Gasteiger partial charge in [-0.2, -0.15) is 0 Å². The van der Waals surface area contributed by atoms with Crippen LogP contribution in [0.2, 0.25) is 0 Å². The van der Waals surface area contributed by atoms with Crippen molar-refractivity contribution in [2.75, 3.05) is 10.9 Å². The molecule has 0 bridgehead atoms. The van der Waals surface area contributed by atoms with Crippen LogP contribution in [0.5, 0.6) is 5.75 Å². The summed E-state index contributed by atoms with van der Waals surface area (Å²) in [6, 6.07) is 18.4. The van der Waals surface area contributed by atoms with Gasteiger partial charge in [0.15, 0.2) is 0 Å². The molecule has 33 heavy (non-hydrogen) atoms. The molecule has 0 unspecified atom stereocenters. The maximum absolute atomic E-state index is 13.8. The van der Waals surface area contributed by atoms with Crippen LogP contribution in [0.25, 0.3) is 0 Å². The molecule has 0 heterocycles. The molecule has 3 aromatic carbocycles. The summed E-state index contributed by atoms with van der Waals surface area (Å²) in [5.41, 5.74) is 2.11. The average Bonchev–Trinajstić information content (AvgIpc) is 2.78. The molecule has 0 saturated heterocycles. The minimum absolute atomic E-state index is 0.0162. The van der Waals surface area contributed by atoms with Crippen LogP contribution < -0.4 is 9.04 Å². The minimum Gasteiger partial charge on any atom is -0.481 e. The molecule has 3 rings (SSSR count). The first-order valence-corrected chi connectivity index (χ1v) is 11.7. The number of carbonyl (C=O) groups is 1. The van der Waals surface area contributed by atoms with Gasteiger partial charge < -0.3 is 9.84 Å². The molecule has 7 heteroatoms. The zero-order valence-electron chi connectivity index (χ0n) is 18.7. The summed E-state index contributed by atoms with van der Waals surface area (Å²) < 4.78 is 34.2. The summed E-state index contributed by atoms with van der Waals surface area (Å²) in [5, 5.41) is 9.86. The summed E-state index contributed by atoms with van der Waals surface area (Å²) in [6.07, 6.45) is 0. The number of hydrogen-bond donors (Lipinski definition) is 1. The number of hydrogen-bond acceptors (Lipinski definition) is 4. The average molecular weight is 464 g/mol. The van der Waals surface area contributed by atoms with Gasteiger partial charge in [-0.3, -0.25) is 4.31 Å². The highest BCUT2D eigenvalue weighted by molar-refractivity contribution is 7.92. The molecule has 0 fully saturated rings.